The minimum atomic E-state index is -0.381. The first-order valence-electron chi connectivity index (χ1n) is 11.5. The van der Waals surface area contributed by atoms with Crippen molar-refractivity contribution in [2.45, 2.75) is 0 Å². The van der Waals surface area contributed by atoms with E-state index in [1.54, 1.807) is 72.8 Å². The third kappa shape index (κ3) is 5.40. The number of esters is 2. The van der Waals surface area contributed by atoms with Gasteiger partial charge >= 0.3 is 11.9 Å². The number of hydrogen-bond acceptors (Lipinski definition) is 4. The van der Waals surface area contributed by atoms with Gasteiger partial charge in [-0.05, 0) is 70.8 Å². The first-order valence-corrected chi connectivity index (χ1v) is 11.5. The molecule has 0 aliphatic carbocycles. The Morgan fingerprint density at radius 3 is 0.944 bits per heavy atom. The highest BCUT2D eigenvalue weighted by Crippen LogP contribution is 2.28. The number of ether oxygens (including phenoxy) is 2. The van der Waals surface area contributed by atoms with Gasteiger partial charge in [0.1, 0.15) is 11.5 Å². The van der Waals surface area contributed by atoms with E-state index >= 15 is 0 Å². The second kappa shape index (κ2) is 10.5. The van der Waals surface area contributed by atoms with Gasteiger partial charge in [-0.1, -0.05) is 84.9 Å². The fraction of sp³-hybridized carbons (Fsp3) is 0. The van der Waals surface area contributed by atoms with Crippen LogP contribution in [0.5, 0.6) is 11.5 Å². The molecule has 5 aromatic carbocycles. The van der Waals surface area contributed by atoms with E-state index in [1.807, 2.05) is 60.7 Å². The summed E-state index contributed by atoms with van der Waals surface area (Å²) in [4.78, 5) is 24.5. The molecule has 0 aliphatic heterocycles. The SMILES string of the molecule is O=C(Oc1ccc(-c2ccc(-c3ccc(OC(=O)c4ccccc4)cc3)cc2)cc1)c1ccccc1. The van der Waals surface area contributed by atoms with Crippen molar-refractivity contribution in [3.63, 3.8) is 0 Å². The van der Waals surface area contributed by atoms with Crippen molar-refractivity contribution in [2.24, 2.45) is 0 Å². The molecule has 0 amide bonds. The molecule has 0 aromatic heterocycles. The van der Waals surface area contributed by atoms with E-state index in [0.29, 0.717) is 22.6 Å². The molecule has 0 saturated heterocycles. The summed E-state index contributed by atoms with van der Waals surface area (Å²) in [6.07, 6.45) is 0. The largest absolute Gasteiger partial charge is 0.423 e. The molecule has 5 rings (SSSR count). The number of carbonyl (C=O) groups excluding carboxylic acids is 2. The zero-order valence-electron chi connectivity index (χ0n) is 19.3. The van der Waals surface area contributed by atoms with Crippen LogP contribution in [0.15, 0.2) is 133 Å². The Bertz CT molecular complexity index is 1340. The average molecular weight is 471 g/mol. The molecule has 0 aliphatic rings. The standard InChI is InChI=1S/C32H22O4/c33-31(27-7-3-1-4-8-27)35-29-19-15-25(16-20-29)23-11-13-24(14-12-23)26-17-21-30(22-18-26)36-32(34)28-9-5-2-6-10-28/h1-22H. The van der Waals surface area contributed by atoms with E-state index in [4.69, 9.17) is 9.47 Å². The minimum absolute atomic E-state index is 0.381. The Hall–Kier alpha value is -4.96. The zero-order valence-corrected chi connectivity index (χ0v) is 19.3. The molecular weight excluding hydrogens is 448 g/mol. The maximum absolute atomic E-state index is 12.2. The molecule has 0 fully saturated rings. The smallest absolute Gasteiger partial charge is 0.343 e. The van der Waals surface area contributed by atoms with Crippen LogP contribution in [0.2, 0.25) is 0 Å². The molecule has 0 radical (unpaired) electrons. The van der Waals surface area contributed by atoms with Crippen LogP contribution < -0.4 is 9.47 Å². The second-order valence-corrected chi connectivity index (χ2v) is 8.14. The van der Waals surface area contributed by atoms with Crippen molar-refractivity contribution in [2.75, 3.05) is 0 Å². The van der Waals surface area contributed by atoms with Gasteiger partial charge in [0.25, 0.3) is 0 Å². The van der Waals surface area contributed by atoms with Gasteiger partial charge in [0.05, 0.1) is 11.1 Å². The maximum atomic E-state index is 12.2. The highest BCUT2D eigenvalue weighted by Gasteiger charge is 2.09. The topological polar surface area (TPSA) is 52.6 Å². The maximum Gasteiger partial charge on any atom is 0.343 e. The lowest BCUT2D eigenvalue weighted by molar-refractivity contribution is 0.0725. The summed E-state index contributed by atoms with van der Waals surface area (Å²) in [7, 11) is 0. The summed E-state index contributed by atoms with van der Waals surface area (Å²) in [6, 6.07) is 40.9. The van der Waals surface area contributed by atoms with Crippen LogP contribution in [-0.4, -0.2) is 11.9 Å². The van der Waals surface area contributed by atoms with Gasteiger partial charge in [-0.2, -0.15) is 0 Å². The minimum Gasteiger partial charge on any atom is -0.423 e. The quantitative estimate of drug-likeness (QED) is 0.191. The zero-order chi connectivity index (χ0) is 24.7. The molecule has 0 atom stereocenters. The summed E-state index contributed by atoms with van der Waals surface area (Å²) in [5, 5.41) is 0. The van der Waals surface area contributed by atoms with Crippen LogP contribution in [0.1, 0.15) is 20.7 Å². The Labute approximate surface area is 209 Å². The molecular formula is C32H22O4. The highest BCUT2D eigenvalue weighted by molar-refractivity contribution is 5.91. The number of rotatable bonds is 6. The van der Waals surface area contributed by atoms with Crippen LogP contribution in [0.25, 0.3) is 22.3 Å². The van der Waals surface area contributed by atoms with Gasteiger partial charge in [0.2, 0.25) is 0 Å². The van der Waals surface area contributed by atoms with Crippen molar-refractivity contribution in [3.8, 4) is 33.8 Å². The van der Waals surface area contributed by atoms with Crippen molar-refractivity contribution in [1.29, 1.82) is 0 Å². The molecule has 4 heteroatoms. The van der Waals surface area contributed by atoms with Crippen molar-refractivity contribution < 1.29 is 19.1 Å². The first-order chi connectivity index (χ1) is 17.7. The first kappa shape index (κ1) is 22.8. The lowest BCUT2D eigenvalue weighted by Gasteiger charge is -2.08. The lowest BCUT2D eigenvalue weighted by atomic mass is 10.0. The van der Waals surface area contributed by atoms with Gasteiger partial charge in [0, 0.05) is 0 Å². The van der Waals surface area contributed by atoms with Gasteiger partial charge < -0.3 is 9.47 Å². The molecule has 4 nitrogen and oxygen atoms in total. The molecule has 0 unspecified atom stereocenters. The molecule has 174 valence electrons. The normalized spacial score (nSPS) is 10.4. The van der Waals surface area contributed by atoms with Gasteiger partial charge in [-0.15, -0.1) is 0 Å². The summed E-state index contributed by atoms with van der Waals surface area (Å²) >= 11 is 0. The molecule has 0 heterocycles. The van der Waals surface area contributed by atoms with Gasteiger partial charge in [-0.25, -0.2) is 9.59 Å². The predicted molar refractivity (Wildman–Crippen MR) is 140 cm³/mol. The van der Waals surface area contributed by atoms with Crippen LogP contribution in [0.4, 0.5) is 0 Å². The Kier molecular flexibility index (Phi) is 6.68. The fourth-order valence-corrected chi connectivity index (χ4v) is 3.77. The third-order valence-corrected chi connectivity index (χ3v) is 5.70. The number of benzene rings is 5. The van der Waals surface area contributed by atoms with Crippen LogP contribution in [0, 0.1) is 0 Å². The average Bonchev–Trinajstić information content (AvgIpc) is 2.95. The molecule has 36 heavy (non-hydrogen) atoms. The van der Waals surface area contributed by atoms with Crippen LogP contribution >= 0.6 is 0 Å². The summed E-state index contributed by atoms with van der Waals surface area (Å²) < 4.78 is 10.9. The van der Waals surface area contributed by atoms with Crippen LogP contribution in [0.3, 0.4) is 0 Å². The van der Waals surface area contributed by atoms with Crippen LogP contribution in [-0.2, 0) is 0 Å². The number of carbonyl (C=O) groups is 2. The predicted octanol–water partition coefficient (Wildman–Crippen LogP) is 7.46. The molecule has 5 aromatic rings. The third-order valence-electron chi connectivity index (χ3n) is 5.70. The lowest BCUT2D eigenvalue weighted by Crippen LogP contribution is -2.07. The fourth-order valence-electron chi connectivity index (χ4n) is 3.77. The van der Waals surface area contributed by atoms with Gasteiger partial charge in [0.15, 0.2) is 0 Å². The van der Waals surface area contributed by atoms with E-state index in [1.165, 1.54) is 0 Å². The van der Waals surface area contributed by atoms with E-state index < -0.39 is 0 Å². The Morgan fingerprint density at radius 1 is 0.361 bits per heavy atom. The Balaban J connectivity index is 1.23. The van der Waals surface area contributed by atoms with Crippen molar-refractivity contribution in [1.82, 2.24) is 0 Å². The number of hydrogen-bond donors (Lipinski definition) is 0. The van der Waals surface area contributed by atoms with E-state index in [9.17, 15) is 9.59 Å². The van der Waals surface area contributed by atoms with E-state index in [-0.39, 0.29) is 11.9 Å². The van der Waals surface area contributed by atoms with E-state index in [2.05, 4.69) is 0 Å². The van der Waals surface area contributed by atoms with Gasteiger partial charge in [-0.3, -0.25) is 0 Å². The van der Waals surface area contributed by atoms with Crippen molar-refractivity contribution >= 4 is 11.9 Å². The van der Waals surface area contributed by atoms with E-state index in [0.717, 1.165) is 22.3 Å². The monoisotopic (exact) mass is 470 g/mol. The highest BCUT2D eigenvalue weighted by atomic mass is 16.5. The molecule has 0 bridgehead atoms. The summed E-state index contributed by atoms with van der Waals surface area (Å²) in [5.74, 6) is 0.233. The summed E-state index contributed by atoms with van der Waals surface area (Å²) in [6.45, 7) is 0. The summed E-state index contributed by atoms with van der Waals surface area (Å²) in [5.41, 5.74) is 5.16. The second-order valence-electron chi connectivity index (χ2n) is 8.14. The molecule has 0 saturated carbocycles. The Morgan fingerprint density at radius 2 is 0.639 bits per heavy atom. The molecule has 0 spiro atoms. The van der Waals surface area contributed by atoms with Crippen molar-refractivity contribution in [3.05, 3.63) is 145 Å². The molecule has 0 N–H and O–H groups in total.